The summed E-state index contributed by atoms with van der Waals surface area (Å²) in [6.07, 6.45) is 9.87. The van der Waals surface area contributed by atoms with E-state index in [1.165, 1.54) is 45.1 Å². The Bertz CT molecular complexity index is 375. The summed E-state index contributed by atoms with van der Waals surface area (Å²) in [5, 5.41) is 15.5. The van der Waals surface area contributed by atoms with Gasteiger partial charge in [-0.2, -0.15) is 10.2 Å². The lowest BCUT2D eigenvalue weighted by Crippen LogP contribution is -2.46. The third-order valence-corrected chi connectivity index (χ3v) is 4.61. The molecule has 0 radical (unpaired) electrons. The summed E-state index contributed by atoms with van der Waals surface area (Å²) in [6, 6.07) is 5.38. The Labute approximate surface area is 115 Å². The van der Waals surface area contributed by atoms with Gasteiger partial charge < -0.3 is 10.6 Å². The summed E-state index contributed by atoms with van der Waals surface area (Å²) in [5.74, 6) is 0.803. The van der Waals surface area contributed by atoms with Gasteiger partial charge in [-0.25, -0.2) is 0 Å². The van der Waals surface area contributed by atoms with Crippen LogP contribution in [0.3, 0.4) is 0 Å². The summed E-state index contributed by atoms with van der Waals surface area (Å²) < 4.78 is 0. The largest absolute Gasteiger partial charge is 0.314 e. The minimum atomic E-state index is 0.651. The van der Waals surface area contributed by atoms with Crippen molar-refractivity contribution in [1.82, 2.24) is 20.8 Å². The predicted octanol–water partition coefficient (Wildman–Crippen LogP) is 1.88. The van der Waals surface area contributed by atoms with Crippen molar-refractivity contribution in [2.24, 2.45) is 5.92 Å². The van der Waals surface area contributed by atoms with Crippen LogP contribution in [0.2, 0.25) is 0 Å². The van der Waals surface area contributed by atoms with Gasteiger partial charge in [-0.15, -0.1) is 0 Å². The maximum atomic E-state index is 4.15. The minimum Gasteiger partial charge on any atom is -0.314 e. The van der Waals surface area contributed by atoms with E-state index < -0.39 is 0 Å². The SMILES string of the molecule is c1cnnc(CNC2CCCC2C2CCCCN2)c1. The number of rotatable bonds is 4. The van der Waals surface area contributed by atoms with Crippen molar-refractivity contribution >= 4 is 0 Å². The van der Waals surface area contributed by atoms with Gasteiger partial charge in [0.2, 0.25) is 0 Å². The second kappa shape index (κ2) is 6.44. The van der Waals surface area contributed by atoms with Crippen molar-refractivity contribution in [2.75, 3.05) is 6.54 Å². The first-order valence-corrected chi connectivity index (χ1v) is 7.67. The van der Waals surface area contributed by atoms with Crippen LogP contribution in [0, 0.1) is 5.92 Å². The summed E-state index contributed by atoms with van der Waals surface area (Å²) >= 11 is 0. The highest BCUT2D eigenvalue weighted by Gasteiger charge is 2.33. The number of piperidine rings is 1. The zero-order chi connectivity index (χ0) is 12.9. The first kappa shape index (κ1) is 13.0. The highest BCUT2D eigenvalue weighted by Crippen LogP contribution is 2.31. The van der Waals surface area contributed by atoms with Crippen LogP contribution in [-0.4, -0.2) is 28.8 Å². The van der Waals surface area contributed by atoms with E-state index in [9.17, 15) is 0 Å². The molecule has 1 aliphatic carbocycles. The average molecular weight is 260 g/mol. The fourth-order valence-electron chi connectivity index (χ4n) is 3.63. The molecule has 2 fully saturated rings. The topological polar surface area (TPSA) is 49.8 Å². The van der Waals surface area contributed by atoms with Crippen molar-refractivity contribution in [2.45, 2.75) is 57.2 Å². The van der Waals surface area contributed by atoms with Crippen molar-refractivity contribution < 1.29 is 0 Å². The van der Waals surface area contributed by atoms with Crippen molar-refractivity contribution in [3.8, 4) is 0 Å². The zero-order valence-corrected chi connectivity index (χ0v) is 11.5. The molecule has 1 aromatic rings. The Hall–Kier alpha value is -1.00. The monoisotopic (exact) mass is 260 g/mol. The van der Waals surface area contributed by atoms with E-state index in [0.717, 1.165) is 24.2 Å². The molecule has 4 heteroatoms. The summed E-state index contributed by atoms with van der Waals surface area (Å²) in [7, 11) is 0. The molecule has 0 bridgehead atoms. The third-order valence-electron chi connectivity index (χ3n) is 4.61. The third kappa shape index (κ3) is 3.31. The lowest BCUT2D eigenvalue weighted by molar-refractivity contribution is 0.256. The molecular formula is C15H24N4. The normalized spacial score (nSPS) is 31.5. The molecule has 0 spiro atoms. The molecule has 1 aromatic heterocycles. The quantitative estimate of drug-likeness (QED) is 0.868. The van der Waals surface area contributed by atoms with Crippen molar-refractivity contribution in [3.63, 3.8) is 0 Å². The fourth-order valence-corrected chi connectivity index (χ4v) is 3.63. The zero-order valence-electron chi connectivity index (χ0n) is 11.5. The number of hydrogen-bond donors (Lipinski definition) is 2. The van der Waals surface area contributed by atoms with Crippen LogP contribution in [0.25, 0.3) is 0 Å². The highest BCUT2D eigenvalue weighted by atomic mass is 15.1. The van der Waals surface area contributed by atoms with E-state index >= 15 is 0 Å². The van der Waals surface area contributed by atoms with E-state index in [0.29, 0.717) is 6.04 Å². The van der Waals surface area contributed by atoms with Gasteiger partial charge in [-0.1, -0.05) is 12.8 Å². The molecule has 3 atom stereocenters. The molecule has 2 heterocycles. The second-order valence-electron chi connectivity index (χ2n) is 5.85. The summed E-state index contributed by atoms with van der Waals surface area (Å²) in [6.45, 7) is 2.06. The van der Waals surface area contributed by atoms with E-state index in [1.807, 2.05) is 12.1 Å². The summed E-state index contributed by atoms with van der Waals surface area (Å²) in [5.41, 5.74) is 1.05. The molecule has 3 rings (SSSR count). The lowest BCUT2D eigenvalue weighted by Gasteiger charge is -2.33. The van der Waals surface area contributed by atoms with Crippen LogP contribution in [0.1, 0.15) is 44.2 Å². The molecule has 2 aliphatic rings. The number of hydrogen-bond acceptors (Lipinski definition) is 4. The average Bonchev–Trinajstić information content (AvgIpc) is 2.95. The van der Waals surface area contributed by atoms with Crippen LogP contribution >= 0.6 is 0 Å². The molecular weight excluding hydrogens is 236 g/mol. The Morgan fingerprint density at radius 1 is 1.21 bits per heavy atom. The van der Waals surface area contributed by atoms with Gasteiger partial charge >= 0.3 is 0 Å². The van der Waals surface area contributed by atoms with E-state index in [1.54, 1.807) is 6.20 Å². The molecule has 104 valence electrons. The van der Waals surface area contributed by atoms with Crippen molar-refractivity contribution in [1.29, 1.82) is 0 Å². The van der Waals surface area contributed by atoms with Gasteiger partial charge in [-0.05, 0) is 50.3 Å². The highest BCUT2D eigenvalue weighted by molar-refractivity contribution is 5.00. The lowest BCUT2D eigenvalue weighted by atomic mass is 9.88. The Balaban J connectivity index is 1.54. The first-order chi connectivity index (χ1) is 9.43. The summed E-state index contributed by atoms with van der Waals surface area (Å²) in [4.78, 5) is 0. The number of aromatic nitrogens is 2. The van der Waals surface area contributed by atoms with Crippen LogP contribution < -0.4 is 10.6 Å². The van der Waals surface area contributed by atoms with Gasteiger partial charge in [0, 0.05) is 24.8 Å². The number of nitrogens with one attached hydrogen (secondary N) is 2. The molecule has 0 amide bonds. The number of nitrogens with zero attached hydrogens (tertiary/aromatic N) is 2. The molecule has 3 unspecified atom stereocenters. The Kier molecular flexibility index (Phi) is 4.41. The van der Waals surface area contributed by atoms with Gasteiger partial charge in [0.1, 0.15) is 0 Å². The molecule has 2 N–H and O–H groups in total. The van der Waals surface area contributed by atoms with E-state index in [4.69, 9.17) is 0 Å². The van der Waals surface area contributed by atoms with Crippen LogP contribution in [0.15, 0.2) is 18.3 Å². The van der Waals surface area contributed by atoms with Gasteiger partial charge in [0.05, 0.1) is 5.69 Å². The van der Waals surface area contributed by atoms with Crippen LogP contribution in [0.5, 0.6) is 0 Å². The van der Waals surface area contributed by atoms with Gasteiger partial charge in [0.15, 0.2) is 0 Å². The molecule has 1 aliphatic heterocycles. The second-order valence-corrected chi connectivity index (χ2v) is 5.85. The maximum absolute atomic E-state index is 4.15. The van der Waals surface area contributed by atoms with Gasteiger partial charge in [-0.3, -0.25) is 0 Å². The fraction of sp³-hybridized carbons (Fsp3) is 0.733. The minimum absolute atomic E-state index is 0.651. The molecule has 4 nitrogen and oxygen atoms in total. The Morgan fingerprint density at radius 3 is 3.00 bits per heavy atom. The van der Waals surface area contributed by atoms with Gasteiger partial charge in [0.25, 0.3) is 0 Å². The Morgan fingerprint density at radius 2 is 2.21 bits per heavy atom. The maximum Gasteiger partial charge on any atom is 0.0769 e. The van der Waals surface area contributed by atoms with E-state index in [2.05, 4.69) is 20.8 Å². The van der Waals surface area contributed by atoms with E-state index in [-0.39, 0.29) is 0 Å². The standard InChI is InChI=1S/C15H24N4/c1-2-9-16-14(7-1)13-6-3-8-15(13)17-11-12-5-4-10-18-19-12/h4-5,10,13-17H,1-3,6-9,11H2. The molecule has 19 heavy (non-hydrogen) atoms. The smallest absolute Gasteiger partial charge is 0.0769 e. The van der Waals surface area contributed by atoms with Crippen LogP contribution in [-0.2, 0) is 6.54 Å². The predicted molar refractivity (Wildman–Crippen MR) is 75.6 cm³/mol. The molecule has 0 aromatic carbocycles. The first-order valence-electron chi connectivity index (χ1n) is 7.67. The van der Waals surface area contributed by atoms with Crippen LogP contribution in [0.4, 0.5) is 0 Å². The molecule has 1 saturated heterocycles. The molecule has 1 saturated carbocycles. The van der Waals surface area contributed by atoms with Crippen molar-refractivity contribution in [3.05, 3.63) is 24.0 Å².